The first kappa shape index (κ1) is 18.1. The van der Waals surface area contributed by atoms with Gasteiger partial charge in [-0.2, -0.15) is 13.2 Å². The van der Waals surface area contributed by atoms with Gasteiger partial charge in [0, 0.05) is 12.2 Å². The molecule has 1 aromatic carbocycles. The molecule has 2 aliphatic rings. The van der Waals surface area contributed by atoms with E-state index in [0.717, 1.165) is 50.9 Å². The molecule has 0 saturated carbocycles. The maximum absolute atomic E-state index is 12.9. The van der Waals surface area contributed by atoms with Crippen molar-refractivity contribution < 1.29 is 18.0 Å². The highest BCUT2D eigenvalue weighted by molar-refractivity contribution is 5.98. The molecular formula is C16H20ClF3N2O. The molecule has 0 radical (unpaired) electrons. The minimum atomic E-state index is -4.39. The van der Waals surface area contributed by atoms with Crippen LogP contribution in [0.15, 0.2) is 24.3 Å². The van der Waals surface area contributed by atoms with Crippen LogP contribution in [0, 0.1) is 5.41 Å². The number of amides is 1. The van der Waals surface area contributed by atoms with Crippen LogP contribution in [-0.2, 0) is 11.0 Å². The molecule has 0 atom stereocenters. The predicted molar refractivity (Wildman–Crippen MR) is 84.8 cm³/mol. The molecule has 23 heavy (non-hydrogen) atoms. The first-order chi connectivity index (χ1) is 10.4. The van der Waals surface area contributed by atoms with Gasteiger partial charge in [0.25, 0.3) is 0 Å². The standard InChI is InChI=1S/C16H19F3N2O.ClH/c17-16(18,19)12-3-1-4-13(11-12)21-10-2-5-15(14(21)22)6-8-20-9-7-15;/h1,3-4,11,20H,2,5-10H2;1H. The summed E-state index contributed by atoms with van der Waals surface area (Å²) in [5, 5.41) is 3.24. The zero-order chi connectivity index (χ0) is 15.8. The van der Waals surface area contributed by atoms with Crippen molar-refractivity contribution in [3.8, 4) is 0 Å². The number of nitrogens with one attached hydrogen (secondary N) is 1. The summed E-state index contributed by atoms with van der Waals surface area (Å²) in [7, 11) is 0. The number of rotatable bonds is 1. The second-order valence-electron chi connectivity index (χ2n) is 6.14. The second-order valence-corrected chi connectivity index (χ2v) is 6.14. The highest BCUT2D eigenvalue weighted by Crippen LogP contribution is 2.41. The third-order valence-corrected chi connectivity index (χ3v) is 4.78. The van der Waals surface area contributed by atoms with Crippen molar-refractivity contribution in [1.82, 2.24) is 5.32 Å². The molecule has 1 spiro atoms. The van der Waals surface area contributed by atoms with Crippen molar-refractivity contribution in [1.29, 1.82) is 0 Å². The van der Waals surface area contributed by atoms with Crippen LogP contribution in [0.4, 0.5) is 18.9 Å². The largest absolute Gasteiger partial charge is 0.416 e. The van der Waals surface area contributed by atoms with Crippen LogP contribution < -0.4 is 10.2 Å². The fraction of sp³-hybridized carbons (Fsp3) is 0.562. The Morgan fingerprint density at radius 3 is 2.48 bits per heavy atom. The van der Waals surface area contributed by atoms with E-state index < -0.39 is 17.2 Å². The number of nitrogens with zero attached hydrogens (tertiary/aromatic N) is 1. The van der Waals surface area contributed by atoms with Gasteiger partial charge >= 0.3 is 6.18 Å². The van der Waals surface area contributed by atoms with Crippen LogP contribution in [0.5, 0.6) is 0 Å². The van der Waals surface area contributed by atoms with Crippen molar-refractivity contribution in [3.63, 3.8) is 0 Å². The number of benzene rings is 1. The molecule has 0 bridgehead atoms. The van der Waals surface area contributed by atoms with E-state index >= 15 is 0 Å². The SMILES string of the molecule is Cl.O=C1N(c2cccc(C(F)(F)F)c2)CCCC12CCNCC2. The number of piperidine rings is 2. The molecule has 0 aromatic heterocycles. The topological polar surface area (TPSA) is 32.3 Å². The molecular weight excluding hydrogens is 329 g/mol. The Bertz CT molecular complexity index is 565. The molecule has 3 nitrogen and oxygen atoms in total. The summed E-state index contributed by atoms with van der Waals surface area (Å²) in [5.74, 6) is -0.0143. The maximum atomic E-state index is 12.9. The fourth-order valence-corrected chi connectivity index (χ4v) is 3.54. The second kappa shape index (κ2) is 6.69. The zero-order valence-electron chi connectivity index (χ0n) is 12.7. The lowest BCUT2D eigenvalue weighted by molar-refractivity contribution is -0.137. The molecule has 128 valence electrons. The number of carbonyl (C=O) groups excluding carboxylic acids is 1. The van der Waals surface area contributed by atoms with Crippen LogP contribution in [0.25, 0.3) is 0 Å². The summed E-state index contributed by atoms with van der Waals surface area (Å²) in [6.45, 7) is 2.08. The van der Waals surface area contributed by atoms with Gasteiger partial charge in [0.15, 0.2) is 0 Å². The molecule has 1 N–H and O–H groups in total. The van der Waals surface area contributed by atoms with Crippen LogP contribution in [0.3, 0.4) is 0 Å². The maximum Gasteiger partial charge on any atom is 0.416 e. The van der Waals surface area contributed by atoms with Crippen molar-refractivity contribution in [2.45, 2.75) is 31.9 Å². The molecule has 1 aromatic rings. The van der Waals surface area contributed by atoms with E-state index in [9.17, 15) is 18.0 Å². The van der Waals surface area contributed by atoms with Gasteiger partial charge in [0.05, 0.1) is 11.0 Å². The number of alkyl halides is 3. The lowest BCUT2D eigenvalue weighted by atomic mass is 9.72. The fourth-order valence-electron chi connectivity index (χ4n) is 3.54. The molecule has 0 aliphatic carbocycles. The molecule has 1 amide bonds. The number of carbonyl (C=O) groups is 1. The summed E-state index contributed by atoms with van der Waals surface area (Å²) >= 11 is 0. The average molecular weight is 349 g/mol. The molecule has 2 heterocycles. The first-order valence-electron chi connectivity index (χ1n) is 7.62. The van der Waals surface area contributed by atoms with Crippen LogP contribution >= 0.6 is 12.4 Å². The molecule has 0 unspecified atom stereocenters. The van der Waals surface area contributed by atoms with Gasteiger partial charge < -0.3 is 10.2 Å². The Morgan fingerprint density at radius 2 is 1.83 bits per heavy atom. The number of hydrogen-bond acceptors (Lipinski definition) is 2. The van der Waals surface area contributed by atoms with E-state index in [-0.39, 0.29) is 18.3 Å². The van der Waals surface area contributed by atoms with Crippen molar-refractivity contribution in [3.05, 3.63) is 29.8 Å². The van der Waals surface area contributed by atoms with Gasteiger partial charge in [-0.1, -0.05) is 6.07 Å². The number of anilines is 1. The highest BCUT2D eigenvalue weighted by atomic mass is 35.5. The van der Waals surface area contributed by atoms with Gasteiger partial charge in [-0.05, 0) is 57.0 Å². The Labute approximate surface area is 139 Å². The van der Waals surface area contributed by atoms with Gasteiger partial charge in [-0.25, -0.2) is 0 Å². The summed E-state index contributed by atoms with van der Waals surface area (Å²) in [5.41, 5.74) is -0.738. The first-order valence-corrected chi connectivity index (χ1v) is 7.62. The lowest BCUT2D eigenvalue weighted by Crippen LogP contribution is -2.53. The Morgan fingerprint density at radius 1 is 1.13 bits per heavy atom. The third-order valence-electron chi connectivity index (χ3n) is 4.78. The van der Waals surface area contributed by atoms with E-state index in [1.165, 1.54) is 6.07 Å². The highest BCUT2D eigenvalue weighted by Gasteiger charge is 2.45. The summed E-state index contributed by atoms with van der Waals surface area (Å²) in [6.07, 6.45) is -1.19. The van der Waals surface area contributed by atoms with E-state index in [2.05, 4.69) is 5.32 Å². The minimum absolute atomic E-state index is 0. The van der Waals surface area contributed by atoms with Gasteiger partial charge in [-0.15, -0.1) is 12.4 Å². The smallest absolute Gasteiger partial charge is 0.317 e. The van der Waals surface area contributed by atoms with E-state index in [4.69, 9.17) is 0 Å². The summed E-state index contributed by atoms with van der Waals surface area (Å²) in [6, 6.07) is 5.08. The van der Waals surface area contributed by atoms with Crippen LogP contribution in [-0.4, -0.2) is 25.5 Å². The Kier molecular flexibility index (Phi) is 5.26. The summed E-state index contributed by atoms with van der Waals surface area (Å²) in [4.78, 5) is 14.4. The van der Waals surface area contributed by atoms with E-state index in [1.54, 1.807) is 11.0 Å². The average Bonchev–Trinajstić information content (AvgIpc) is 2.50. The predicted octanol–water partition coefficient (Wildman–Crippen LogP) is 3.62. The van der Waals surface area contributed by atoms with Crippen molar-refractivity contribution in [2.75, 3.05) is 24.5 Å². The minimum Gasteiger partial charge on any atom is -0.317 e. The molecule has 2 saturated heterocycles. The monoisotopic (exact) mass is 348 g/mol. The summed E-state index contributed by atoms with van der Waals surface area (Å²) < 4.78 is 38.6. The Balaban J connectivity index is 0.00000192. The van der Waals surface area contributed by atoms with Crippen LogP contribution in [0.1, 0.15) is 31.2 Å². The van der Waals surface area contributed by atoms with E-state index in [0.29, 0.717) is 12.2 Å². The molecule has 3 rings (SSSR count). The number of hydrogen-bond donors (Lipinski definition) is 1. The lowest BCUT2D eigenvalue weighted by Gasteiger charge is -2.44. The van der Waals surface area contributed by atoms with Gasteiger partial charge in [0.2, 0.25) is 5.91 Å². The third kappa shape index (κ3) is 3.48. The normalized spacial score (nSPS) is 21.2. The molecule has 2 aliphatic heterocycles. The van der Waals surface area contributed by atoms with Gasteiger partial charge in [-0.3, -0.25) is 4.79 Å². The zero-order valence-corrected chi connectivity index (χ0v) is 13.5. The van der Waals surface area contributed by atoms with E-state index in [1.807, 2.05) is 0 Å². The Hall–Kier alpha value is -1.27. The molecule has 2 fully saturated rings. The number of halogens is 4. The van der Waals surface area contributed by atoms with Crippen LogP contribution in [0.2, 0.25) is 0 Å². The van der Waals surface area contributed by atoms with Crippen molar-refractivity contribution in [2.24, 2.45) is 5.41 Å². The van der Waals surface area contributed by atoms with Gasteiger partial charge in [0.1, 0.15) is 0 Å². The van der Waals surface area contributed by atoms with Crippen molar-refractivity contribution >= 4 is 24.0 Å². The quantitative estimate of drug-likeness (QED) is 0.840. The molecule has 7 heteroatoms.